The molecule has 232 valence electrons. The molecule has 0 radical (unpaired) electrons. The predicted molar refractivity (Wildman–Crippen MR) is 175 cm³/mol. The third-order valence-corrected chi connectivity index (χ3v) is 7.37. The van der Waals surface area contributed by atoms with Gasteiger partial charge in [-0.1, -0.05) is 30.3 Å². The van der Waals surface area contributed by atoms with Crippen molar-refractivity contribution in [3.8, 4) is 23.0 Å². The Balaban J connectivity index is 1.54. The molecular weight excluding hydrogens is 594 g/mol. The highest BCUT2D eigenvalue weighted by atomic mass is 32.2. The average molecular weight is 628 g/mol. The standard InChI is InChI=1S/C34H33N3O7S/c1-41-26-14-8-12-24(18-26)35-32(38)21-45-27-15-9-13-25(19-27)36-34(40)28(37-33(39)22-10-6-5-7-11-22)16-23-17-30(43-3)31(44-4)20-29(23)42-2/h5-20H,21H2,1-4H3,(H,35,38)(H,36,40)(H,37,39)/b28-16+. The summed E-state index contributed by atoms with van der Waals surface area (Å²) in [7, 11) is 6.05. The molecule has 45 heavy (non-hydrogen) atoms. The summed E-state index contributed by atoms with van der Waals surface area (Å²) in [6, 6.07) is 26.0. The number of thioether (sulfide) groups is 1. The fourth-order valence-electron chi connectivity index (χ4n) is 4.17. The minimum atomic E-state index is -0.575. The monoisotopic (exact) mass is 627 g/mol. The Labute approximate surface area is 265 Å². The lowest BCUT2D eigenvalue weighted by atomic mass is 10.1. The maximum absolute atomic E-state index is 13.6. The number of methoxy groups -OCH3 is 4. The largest absolute Gasteiger partial charge is 0.497 e. The van der Waals surface area contributed by atoms with E-state index in [9.17, 15) is 14.4 Å². The van der Waals surface area contributed by atoms with Crippen LogP contribution >= 0.6 is 11.8 Å². The Morgan fingerprint density at radius 1 is 0.689 bits per heavy atom. The number of nitrogens with one attached hydrogen (secondary N) is 3. The SMILES string of the molecule is COc1cccc(NC(=O)CSc2cccc(NC(=O)/C(=C\c3cc(OC)c(OC)cc3OC)NC(=O)c3ccccc3)c2)c1. The van der Waals surface area contributed by atoms with Crippen molar-refractivity contribution in [3.63, 3.8) is 0 Å². The maximum Gasteiger partial charge on any atom is 0.272 e. The molecule has 0 saturated carbocycles. The van der Waals surface area contributed by atoms with Gasteiger partial charge in [-0.25, -0.2) is 0 Å². The third kappa shape index (κ3) is 9.04. The van der Waals surface area contributed by atoms with Crippen LogP contribution in [0.5, 0.6) is 23.0 Å². The van der Waals surface area contributed by atoms with E-state index < -0.39 is 11.8 Å². The molecule has 3 amide bonds. The van der Waals surface area contributed by atoms with Crippen molar-refractivity contribution in [2.75, 3.05) is 44.8 Å². The van der Waals surface area contributed by atoms with Crippen LogP contribution in [-0.4, -0.2) is 51.9 Å². The van der Waals surface area contributed by atoms with E-state index in [0.717, 1.165) is 4.90 Å². The first-order valence-electron chi connectivity index (χ1n) is 13.7. The molecule has 0 heterocycles. The molecule has 4 aromatic carbocycles. The normalized spacial score (nSPS) is 10.8. The summed E-state index contributed by atoms with van der Waals surface area (Å²) < 4.78 is 21.5. The number of hydrogen-bond acceptors (Lipinski definition) is 8. The van der Waals surface area contributed by atoms with Crippen molar-refractivity contribution in [3.05, 3.63) is 108 Å². The summed E-state index contributed by atoms with van der Waals surface area (Å²) in [4.78, 5) is 40.0. The molecule has 0 bridgehead atoms. The summed E-state index contributed by atoms with van der Waals surface area (Å²) in [5, 5.41) is 8.41. The number of carbonyl (C=O) groups excluding carboxylic acids is 3. The number of benzene rings is 4. The molecule has 0 fully saturated rings. The van der Waals surface area contributed by atoms with Crippen molar-refractivity contribution in [2.45, 2.75) is 4.90 Å². The lowest BCUT2D eigenvalue weighted by Gasteiger charge is -2.15. The highest BCUT2D eigenvalue weighted by molar-refractivity contribution is 8.00. The van der Waals surface area contributed by atoms with Crippen LogP contribution in [0.25, 0.3) is 6.08 Å². The second-order valence-electron chi connectivity index (χ2n) is 9.38. The first-order valence-corrected chi connectivity index (χ1v) is 14.7. The Morgan fingerprint density at radius 2 is 1.36 bits per heavy atom. The number of carbonyl (C=O) groups is 3. The highest BCUT2D eigenvalue weighted by Gasteiger charge is 2.18. The Hall–Kier alpha value is -5.42. The van der Waals surface area contributed by atoms with Crippen LogP contribution < -0.4 is 34.9 Å². The van der Waals surface area contributed by atoms with E-state index in [4.69, 9.17) is 18.9 Å². The van der Waals surface area contributed by atoms with Crippen molar-refractivity contribution < 1.29 is 33.3 Å². The molecule has 4 aromatic rings. The van der Waals surface area contributed by atoms with Crippen molar-refractivity contribution in [2.24, 2.45) is 0 Å². The molecule has 0 aromatic heterocycles. The first-order chi connectivity index (χ1) is 21.8. The number of ether oxygens (including phenoxy) is 4. The fourth-order valence-corrected chi connectivity index (χ4v) is 4.93. The topological polar surface area (TPSA) is 124 Å². The van der Waals surface area contributed by atoms with E-state index >= 15 is 0 Å². The van der Waals surface area contributed by atoms with Gasteiger partial charge in [-0.15, -0.1) is 11.8 Å². The Bertz CT molecular complexity index is 1690. The van der Waals surface area contributed by atoms with Crippen LogP contribution in [-0.2, 0) is 9.59 Å². The van der Waals surface area contributed by atoms with Crippen molar-refractivity contribution in [1.82, 2.24) is 5.32 Å². The van der Waals surface area contributed by atoms with Gasteiger partial charge in [-0.3, -0.25) is 14.4 Å². The van der Waals surface area contributed by atoms with E-state index in [0.29, 0.717) is 45.5 Å². The Morgan fingerprint density at radius 3 is 2.04 bits per heavy atom. The molecule has 0 aliphatic heterocycles. The number of amides is 3. The molecule has 3 N–H and O–H groups in total. The van der Waals surface area contributed by atoms with Crippen LogP contribution in [0.1, 0.15) is 15.9 Å². The van der Waals surface area contributed by atoms with Crippen LogP contribution in [0.3, 0.4) is 0 Å². The third-order valence-electron chi connectivity index (χ3n) is 6.38. The lowest BCUT2D eigenvalue weighted by Crippen LogP contribution is -2.30. The summed E-state index contributed by atoms with van der Waals surface area (Å²) in [6.45, 7) is 0. The van der Waals surface area contributed by atoms with Gasteiger partial charge in [0.05, 0.1) is 34.2 Å². The van der Waals surface area contributed by atoms with Crippen LogP contribution in [0.15, 0.2) is 102 Å². The molecule has 10 nitrogen and oxygen atoms in total. The minimum absolute atomic E-state index is 0.0369. The minimum Gasteiger partial charge on any atom is -0.497 e. The van der Waals surface area contributed by atoms with Crippen LogP contribution in [0, 0.1) is 0 Å². The second kappa shape index (κ2) is 15.9. The van der Waals surface area contributed by atoms with Gasteiger partial charge in [0, 0.05) is 39.5 Å². The van der Waals surface area contributed by atoms with Gasteiger partial charge < -0.3 is 34.9 Å². The van der Waals surface area contributed by atoms with Gasteiger partial charge >= 0.3 is 0 Å². The number of anilines is 2. The summed E-state index contributed by atoms with van der Waals surface area (Å²) in [5.74, 6) is 0.805. The molecule has 4 rings (SSSR count). The molecular formula is C34H33N3O7S. The summed E-state index contributed by atoms with van der Waals surface area (Å²) >= 11 is 1.31. The van der Waals surface area contributed by atoms with Crippen molar-refractivity contribution >= 4 is 46.9 Å². The quantitative estimate of drug-likeness (QED) is 0.124. The molecule has 0 atom stereocenters. The molecule has 0 spiro atoms. The molecule has 0 aliphatic carbocycles. The second-order valence-corrected chi connectivity index (χ2v) is 10.4. The van der Waals surface area contributed by atoms with Gasteiger partial charge in [0.1, 0.15) is 17.2 Å². The lowest BCUT2D eigenvalue weighted by molar-refractivity contribution is -0.114. The number of rotatable bonds is 13. The summed E-state index contributed by atoms with van der Waals surface area (Å²) in [5.41, 5.74) is 1.91. The van der Waals surface area contributed by atoms with Crippen LogP contribution in [0.4, 0.5) is 11.4 Å². The van der Waals surface area contributed by atoms with Gasteiger partial charge in [0.15, 0.2) is 11.5 Å². The number of hydrogen-bond donors (Lipinski definition) is 3. The fraction of sp³-hybridized carbons (Fsp3) is 0.147. The zero-order valence-corrected chi connectivity index (χ0v) is 26.0. The molecule has 11 heteroatoms. The van der Waals surface area contributed by atoms with E-state index in [-0.39, 0.29) is 17.4 Å². The zero-order chi connectivity index (χ0) is 32.2. The first kappa shape index (κ1) is 32.5. The molecule has 0 saturated heterocycles. The zero-order valence-electron chi connectivity index (χ0n) is 25.2. The summed E-state index contributed by atoms with van der Waals surface area (Å²) in [6.07, 6.45) is 1.50. The molecule has 0 unspecified atom stereocenters. The Kier molecular flexibility index (Phi) is 11.5. The van der Waals surface area contributed by atoms with Gasteiger partial charge in [0.2, 0.25) is 5.91 Å². The van der Waals surface area contributed by atoms with Crippen LogP contribution in [0.2, 0.25) is 0 Å². The maximum atomic E-state index is 13.6. The van der Waals surface area contributed by atoms with E-state index in [1.54, 1.807) is 92.0 Å². The predicted octanol–water partition coefficient (Wildman–Crippen LogP) is 5.86. The average Bonchev–Trinajstić information content (AvgIpc) is 3.07. The van der Waals surface area contributed by atoms with Crippen molar-refractivity contribution in [1.29, 1.82) is 0 Å². The van der Waals surface area contributed by atoms with Gasteiger partial charge in [-0.05, 0) is 54.6 Å². The van der Waals surface area contributed by atoms with E-state index in [2.05, 4.69) is 16.0 Å². The van der Waals surface area contributed by atoms with Gasteiger partial charge in [-0.2, -0.15) is 0 Å². The smallest absolute Gasteiger partial charge is 0.272 e. The highest BCUT2D eigenvalue weighted by Crippen LogP contribution is 2.35. The van der Waals surface area contributed by atoms with E-state index in [1.165, 1.54) is 39.2 Å². The molecule has 0 aliphatic rings. The van der Waals surface area contributed by atoms with Gasteiger partial charge in [0.25, 0.3) is 11.8 Å². The van der Waals surface area contributed by atoms with E-state index in [1.807, 2.05) is 6.07 Å².